The summed E-state index contributed by atoms with van der Waals surface area (Å²) in [6, 6.07) is 12.7. The van der Waals surface area contributed by atoms with Crippen LogP contribution in [0, 0.1) is 34.0 Å². The molecule has 0 saturated carbocycles. The fraction of sp³-hybridized carbons (Fsp3) is 0.400. The molecular weight excluding hydrogens is 284 g/mol. The summed E-state index contributed by atoms with van der Waals surface area (Å²) in [5.74, 6) is 1.25. The van der Waals surface area contributed by atoms with Crippen LogP contribution in [0.15, 0.2) is 48.1 Å². The van der Waals surface area contributed by atoms with E-state index in [2.05, 4.69) is 36.4 Å². The molecule has 0 saturated heterocycles. The third-order valence-corrected chi connectivity index (χ3v) is 5.04. The van der Waals surface area contributed by atoms with E-state index in [1.165, 1.54) is 5.56 Å². The first-order chi connectivity index (χ1) is 11.2. The van der Waals surface area contributed by atoms with Crippen molar-refractivity contribution in [2.75, 3.05) is 7.11 Å². The lowest BCUT2D eigenvalue weighted by atomic mass is 9.67. The second-order valence-corrected chi connectivity index (χ2v) is 6.26. The van der Waals surface area contributed by atoms with Gasteiger partial charge in [0.1, 0.15) is 5.75 Å². The number of hydrogen-bond donors (Lipinski definition) is 0. The Hall–Kier alpha value is -2.52. The minimum Gasteiger partial charge on any atom is -0.497 e. The zero-order valence-electron chi connectivity index (χ0n) is 13.3. The molecule has 0 heterocycles. The van der Waals surface area contributed by atoms with Crippen molar-refractivity contribution in [2.45, 2.75) is 31.6 Å². The molecule has 3 nitrogen and oxygen atoms in total. The third-order valence-electron chi connectivity index (χ3n) is 5.04. The van der Waals surface area contributed by atoms with Crippen LogP contribution < -0.4 is 4.74 Å². The number of benzene rings is 1. The molecule has 0 spiro atoms. The van der Waals surface area contributed by atoms with E-state index < -0.39 is 5.41 Å². The predicted octanol–water partition coefficient (Wildman–Crippen LogP) is 4.50. The van der Waals surface area contributed by atoms with Crippen LogP contribution in [-0.4, -0.2) is 7.11 Å². The van der Waals surface area contributed by atoms with E-state index in [0.29, 0.717) is 6.42 Å². The number of methoxy groups -OCH3 is 1. The summed E-state index contributed by atoms with van der Waals surface area (Å²) in [7, 11) is 1.67. The molecule has 1 aromatic carbocycles. The average molecular weight is 304 g/mol. The van der Waals surface area contributed by atoms with Gasteiger partial charge in [0.25, 0.3) is 0 Å². The number of fused-ring (bicyclic) bond motifs is 1. The molecule has 2 unspecified atom stereocenters. The number of allylic oxidation sites excluding steroid dienone is 4. The molecule has 0 aliphatic heterocycles. The molecule has 3 heteroatoms. The molecule has 1 aromatic rings. The quantitative estimate of drug-likeness (QED) is 0.756. The second-order valence-electron chi connectivity index (χ2n) is 6.26. The first-order valence-corrected chi connectivity index (χ1v) is 8.08. The number of nitriles is 2. The molecule has 0 amide bonds. The summed E-state index contributed by atoms with van der Waals surface area (Å²) in [5, 5.41) is 19.4. The molecule has 0 bridgehead atoms. The Balaban J connectivity index is 2.07. The maximum atomic E-state index is 9.68. The van der Waals surface area contributed by atoms with Crippen molar-refractivity contribution in [1.29, 1.82) is 10.5 Å². The average Bonchev–Trinajstić information content (AvgIpc) is 2.79. The van der Waals surface area contributed by atoms with Crippen LogP contribution in [0.1, 0.15) is 37.2 Å². The molecule has 0 radical (unpaired) electrons. The minimum absolute atomic E-state index is 0.195. The predicted molar refractivity (Wildman–Crippen MR) is 88.6 cm³/mol. The normalized spacial score (nSPS) is 25.3. The van der Waals surface area contributed by atoms with Gasteiger partial charge < -0.3 is 4.74 Å². The van der Waals surface area contributed by atoms with Gasteiger partial charge in [-0.15, -0.1) is 0 Å². The highest BCUT2D eigenvalue weighted by molar-refractivity contribution is 5.43. The topological polar surface area (TPSA) is 56.8 Å². The maximum Gasteiger partial charge on any atom is 0.168 e. The Bertz CT molecular complexity index is 719. The Kier molecular flexibility index (Phi) is 4.22. The molecule has 3 rings (SSSR count). The molecule has 116 valence electrons. The Morgan fingerprint density at radius 2 is 2.09 bits per heavy atom. The van der Waals surface area contributed by atoms with Crippen LogP contribution in [0.2, 0.25) is 0 Å². The van der Waals surface area contributed by atoms with Gasteiger partial charge in [-0.1, -0.05) is 30.4 Å². The Labute approximate surface area is 137 Å². The van der Waals surface area contributed by atoms with Gasteiger partial charge in [-0.05, 0) is 48.4 Å². The summed E-state index contributed by atoms with van der Waals surface area (Å²) in [6.45, 7) is 0. The fourth-order valence-corrected chi connectivity index (χ4v) is 3.85. The lowest BCUT2D eigenvalue weighted by molar-refractivity contribution is 0.406. The van der Waals surface area contributed by atoms with Gasteiger partial charge in [0, 0.05) is 12.3 Å². The highest BCUT2D eigenvalue weighted by Gasteiger charge is 2.43. The van der Waals surface area contributed by atoms with Crippen molar-refractivity contribution < 1.29 is 4.74 Å². The van der Waals surface area contributed by atoms with Crippen molar-refractivity contribution in [3.8, 4) is 17.9 Å². The Morgan fingerprint density at radius 1 is 1.26 bits per heavy atom. The summed E-state index contributed by atoms with van der Waals surface area (Å²) >= 11 is 0. The number of nitrogens with zero attached hydrogens (tertiary/aromatic N) is 2. The number of hydrogen-bond acceptors (Lipinski definition) is 3. The largest absolute Gasteiger partial charge is 0.497 e. The van der Waals surface area contributed by atoms with Gasteiger partial charge in [-0.3, -0.25) is 0 Å². The smallest absolute Gasteiger partial charge is 0.168 e. The molecule has 23 heavy (non-hydrogen) atoms. The standard InChI is InChI=1S/C20H20N2O/c1-23-16-7-4-6-15(12-16)17-9-5-11-20(13-21,14-22)19-10-3-2-8-18(17)19/h4-7,9-10,12,17-18H,2-3,8,11H2,1H3. The van der Waals surface area contributed by atoms with Crippen LogP contribution in [0.5, 0.6) is 5.75 Å². The van der Waals surface area contributed by atoms with E-state index in [-0.39, 0.29) is 11.8 Å². The monoisotopic (exact) mass is 304 g/mol. The van der Waals surface area contributed by atoms with E-state index in [1.807, 2.05) is 18.2 Å². The SMILES string of the molecule is COc1cccc(C2C=CCC(C#N)(C#N)C3=CCCCC32)c1. The van der Waals surface area contributed by atoms with Gasteiger partial charge >= 0.3 is 0 Å². The van der Waals surface area contributed by atoms with Crippen molar-refractivity contribution in [3.05, 3.63) is 53.6 Å². The number of ether oxygens (including phenoxy) is 1. The minimum atomic E-state index is -1.00. The van der Waals surface area contributed by atoms with E-state index in [0.717, 1.165) is 30.6 Å². The van der Waals surface area contributed by atoms with E-state index in [1.54, 1.807) is 7.11 Å². The van der Waals surface area contributed by atoms with Gasteiger partial charge in [0.15, 0.2) is 5.41 Å². The molecular formula is C20H20N2O. The maximum absolute atomic E-state index is 9.68. The highest BCUT2D eigenvalue weighted by Crippen LogP contribution is 2.49. The van der Waals surface area contributed by atoms with E-state index in [4.69, 9.17) is 4.74 Å². The molecule has 2 aliphatic carbocycles. The highest BCUT2D eigenvalue weighted by atomic mass is 16.5. The van der Waals surface area contributed by atoms with Crippen molar-refractivity contribution >= 4 is 0 Å². The van der Waals surface area contributed by atoms with Crippen LogP contribution in [0.25, 0.3) is 0 Å². The lowest BCUT2D eigenvalue weighted by Gasteiger charge is -2.34. The van der Waals surface area contributed by atoms with Gasteiger partial charge in [-0.25, -0.2) is 0 Å². The lowest BCUT2D eigenvalue weighted by Crippen LogP contribution is -2.27. The fourth-order valence-electron chi connectivity index (χ4n) is 3.85. The number of rotatable bonds is 2. The van der Waals surface area contributed by atoms with Crippen LogP contribution in [0.3, 0.4) is 0 Å². The summed E-state index contributed by atoms with van der Waals surface area (Å²) < 4.78 is 5.35. The second kappa shape index (κ2) is 6.31. The van der Waals surface area contributed by atoms with E-state index in [9.17, 15) is 10.5 Å². The van der Waals surface area contributed by atoms with Gasteiger partial charge in [0.2, 0.25) is 0 Å². The molecule has 0 aromatic heterocycles. The van der Waals surface area contributed by atoms with E-state index >= 15 is 0 Å². The summed E-state index contributed by atoms with van der Waals surface area (Å²) in [6.07, 6.45) is 9.88. The third kappa shape index (κ3) is 2.64. The van der Waals surface area contributed by atoms with Crippen LogP contribution >= 0.6 is 0 Å². The van der Waals surface area contributed by atoms with Crippen molar-refractivity contribution in [1.82, 2.24) is 0 Å². The molecule has 0 fully saturated rings. The Morgan fingerprint density at radius 3 is 2.83 bits per heavy atom. The zero-order chi connectivity index (χ0) is 16.3. The van der Waals surface area contributed by atoms with Crippen LogP contribution in [-0.2, 0) is 0 Å². The first-order valence-electron chi connectivity index (χ1n) is 8.08. The summed E-state index contributed by atoms with van der Waals surface area (Å²) in [5.41, 5.74) is 1.20. The summed E-state index contributed by atoms with van der Waals surface area (Å²) in [4.78, 5) is 0. The van der Waals surface area contributed by atoms with Crippen molar-refractivity contribution in [3.63, 3.8) is 0 Å². The van der Waals surface area contributed by atoms with Gasteiger partial charge in [-0.2, -0.15) is 10.5 Å². The first kappa shape index (κ1) is 15.4. The molecule has 2 atom stereocenters. The zero-order valence-corrected chi connectivity index (χ0v) is 13.3. The van der Waals surface area contributed by atoms with Crippen LogP contribution in [0.4, 0.5) is 0 Å². The van der Waals surface area contributed by atoms with Crippen molar-refractivity contribution in [2.24, 2.45) is 11.3 Å². The van der Waals surface area contributed by atoms with Gasteiger partial charge in [0.05, 0.1) is 19.2 Å². The molecule has 0 N–H and O–H groups in total. The molecule has 2 aliphatic rings.